The lowest BCUT2D eigenvalue weighted by molar-refractivity contribution is -0.138. The second kappa shape index (κ2) is 6.65. The molecule has 1 aliphatic carbocycles. The van der Waals surface area contributed by atoms with Gasteiger partial charge in [-0.1, -0.05) is 12.5 Å². The van der Waals surface area contributed by atoms with Gasteiger partial charge in [-0.05, 0) is 67.6 Å². The molecular weight excluding hydrogens is 352 g/mol. The average molecular weight is 383 g/mol. The molecule has 4 aliphatic heterocycles. The highest BCUT2D eigenvalue weighted by molar-refractivity contribution is 5.79. The van der Waals surface area contributed by atoms with Crippen molar-refractivity contribution in [2.75, 3.05) is 26.4 Å². The van der Waals surface area contributed by atoms with Crippen LogP contribution in [0.4, 0.5) is 0 Å². The van der Waals surface area contributed by atoms with Crippen LogP contribution in [0.5, 0.6) is 11.5 Å². The minimum absolute atomic E-state index is 0.275. The Balaban J connectivity index is 1.14. The van der Waals surface area contributed by atoms with E-state index in [2.05, 4.69) is 9.80 Å². The normalized spacial score (nSPS) is 34.2. The number of amides is 1. The van der Waals surface area contributed by atoms with Crippen molar-refractivity contribution < 1.29 is 14.3 Å². The van der Waals surface area contributed by atoms with Gasteiger partial charge in [-0.25, -0.2) is 0 Å². The number of hydrogen-bond acceptors (Lipinski definition) is 4. The Kier molecular flexibility index (Phi) is 4.07. The van der Waals surface area contributed by atoms with Crippen LogP contribution >= 0.6 is 0 Å². The Bertz CT molecular complexity index is 777. The van der Waals surface area contributed by atoms with Crippen molar-refractivity contribution in [1.82, 2.24) is 9.80 Å². The first-order valence-electron chi connectivity index (χ1n) is 11.2. The first-order chi connectivity index (χ1) is 13.7. The molecule has 5 heteroatoms. The van der Waals surface area contributed by atoms with Gasteiger partial charge in [0.15, 0.2) is 11.5 Å². The van der Waals surface area contributed by atoms with Crippen molar-refractivity contribution in [2.24, 2.45) is 17.8 Å². The van der Waals surface area contributed by atoms with E-state index in [9.17, 15) is 4.79 Å². The molecule has 2 bridgehead atoms. The van der Waals surface area contributed by atoms with Crippen LogP contribution in [0.1, 0.15) is 44.1 Å². The molecular formula is C23H30N2O3. The van der Waals surface area contributed by atoms with Gasteiger partial charge < -0.3 is 14.4 Å². The zero-order valence-corrected chi connectivity index (χ0v) is 16.5. The zero-order chi connectivity index (χ0) is 18.7. The van der Waals surface area contributed by atoms with Gasteiger partial charge in [0, 0.05) is 31.7 Å². The van der Waals surface area contributed by atoms with E-state index in [4.69, 9.17) is 9.47 Å². The van der Waals surface area contributed by atoms with Gasteiger partial charge in [-0.2, -0.15) is 0 Å². The lowest BCUT2D eigenvalue weighted by Crippen LogP contribution is -2.62. The fourth-order valence-electron chi connectivity index (χ4n) is 6.38. The number of carbonyl (C=O) groups is 1. The summed E-state index contributed by atoms with van der Waals surface area (Å²) < 4.78 is 10.9. The van der Waals surface area contributed by atoms with Crippen LogP contribution in [0.2, 0.25) is 0 Å². The van der Waals surface area contributed by atoms with Crippen LogP contribution < -0.4 is 9.47 Å². The number of hydrogen-bond donors (Lipinski definition) is 0. The Hall–Kier alpha value is -1.75. The van der Waals surface area contributed by atoms with Crippen LogP contribution in [0, 0.1) is 17.8 Å². The summed E-state index contributed by atoms with van der Waals surface area (Å²) in [4.78, 5) is 18.1. The number of ether oxygens (including phenoxy) is 2. The largest absolute Gasteiger partial charge is 0.454 e. The smallest absolute Gasteiger partial charge is 0.231 e. The summed E-state index contributed by atoms with van der Waals surface area (Å²) in [7, 11) is 0. The van der Waals surface area contributed by atoms with E-state index < -0.39 is 0 Å². The molecule has 0 radical (unpaired) electrons. The van der Waals surface area contributed by atoms with E-state index in [1.807, 2.05) is 18.2 Å². The third-order valence-electron chi connectivity index (χ3n) is 7.75. The molecule has 0 aromatic heterocycles. The first-order valence-corrected chi connectivity index (χ1v) is 11.2. The highest BCUT2D eigenvalue weighted by atomic mass is 16.7. The standard InChI is InChI=1S/C23H30N2O3/c26-23(10-15-4-7-21-22(9-15)28-14-27-21)24-11-16-8-18(13-24)20-3-1-2-19(17-5-6-17)25(20)12-16/h4,7,9,16-20H,1-3,5-6,8,10-14H2/t16-,18+,19+,20-/m0/s1. The molecule has 0 spiro atoms. The Morgan fingerprint density at radius 3 is 2.64 bits per heavy atom. The second-order valence-corrected chi connectivity index (χ2v) is 9.62. The summed E-state index contributed by atoms with van der Waals surface area (Å²) in [6.07, 6.45) is 8.82. The van der Waals surface area contributed by atoms with Gasteiger partial charge in [-0.15, -0.1) is 0 Å². The average Bonchev–Trinajstić information content (AvgIpc) is 3.44. The molecule has 1 saturated carbocycles. The lowest BCUT2D eigenvalue weighted by Gasteiger charge is -2.55. The topological polar surface area (TPSA) is 42.0 Å². The van der Waals surface area contributed by atoms with Crippen LogP contribution in [0.15, 0.2) is 18.2 Å². The molecule has 28 heavy (non-hydrogen) atoms. The van der Waals surface area contributed by atoms with Crippen molar-refractivity contribution in [2.45, 2.75) is 57.0 Å². The fraction of sp³-hybridized carbons (Fsp3) is 0.696. The van der Waals surface area contributed by atoms with E-state index in [1.165, 1.54) is 45.1 Å². The molecule has 150 valence electrons. The second-order valence-electron chi connectivity index (χ2n) is 9.62. The maximum atomic E-state index is 13.1. The summed E-state index contributed by atoms with van der Waals surface area (Å²) in [5.74, 6) is 4.14. The van der Waals surface area contributed by atoms with Crippen LogP contribution in [-0.4, -0.2) is 54.2 Å². The van der Waals surface area contributed by atoms with Crippen molar-refractivity contribution in [3.05, 3.63) is 23.8 Å². The van der Waals surface area contributed by atoms with Gasteiger partial charge in [0.1, 0.15) is 0 Å². The van der Waals surface area contributed by atoms with Gasteiger partial charge in [0.25, 0.3) is 0 Å². The predicted octanol–water partition coefficient (Wildman–Crippen LogP) is 3.07. The Morgan fingerprint density at radius 1 is 0.964 bits per heavy atom. The first kappa shape index (κ1) is 17.1. The molecule has 6 rings (SSSR count). The molecule has 5 nitrogen and oxygen atoms in total. The van der Waals surface area contributed by atoms with E-state index in [0.29, 0.717) is 18.3 Å². The third kappa shape index (κ3) is 2.99. The summed E-state index contributed by atoms with van der Waals surface area (Å²) in [6.45, 7) is 3.40. The molecule has 4 heterocycles. The summed E-state index contributed by atoms with van der Waals surface area (Å²) >= 11 is 0. The number of rotatable bonds is 3. The monoisotopic (exact) mass is 382 g/mol. The van der Waals surface area contributed by atoms with Crippen molar-refractivity contribution in [3.8, 4) is 11.5 Å². The molecule has 4 atom stereocenters. The molecule has 1 amide bonds. The van der Waals surface area contributed by atoms with Gasteiger partial charge in [-0.3, -0.25) is 9.69 Å². The van der Waals surface area contributed by atoms with Crippen molar-refractivity contribution in [1.29, 1.82) is 0 Å². The fourth-order valence-corrected chi connectivity index (χ4v) is 6.38. The van der Waals surface area contributed by atoms with Crippen LogP contribution in [0.3, 0.4) is 0 Å². The lowest BCUT2D eigenvalue weighted by atomic mass is 9.74. The maximum Gasteiger partial charge on any atom is 0.231 e. The molecule has 0 N–H and O–H groups in total. The maximum absolute atomic E-state index is 13.1. The van der Waals surface area contributed by atoms with Gasteiger partial charge in [0.2, 0.25) is 12.7 Å². The molecule has 1 aromatic rings. The van der Waals surface area contributed by atoms with E-state index in [1.54, 1.807) is 0 Å². The zero-order valence-electron chi connectivity index (χ0n) is 16.5. The summed E-state index contributed by atoms with van der Waals surface area (Å²) in [6, 6.07) is 7.46. The molecule has 4 fully saturated rings. The number of benzene rings is 1. The summed E-state index contributed by atoms with van der Waals surface area (Å²) in [5.41, 5.74) is 1.03. The minimum Gasteiger partial charge on any atom is -0.454 e. The number of fused-ring (bicyclic) bond motifs is 5. The SMILES string of the molecule is O=C(Cc1ccc2c(c1)OCO2)N1C[C@@H]2C[C@H](C1)[C@@H]1CCC[C@H](C3CC3)N1C2. The number of carbonyl (C=O) groups excluding carboxylic acids is 1. The highest BCUT2D eigenvalue weighted by Crippen LogP contribution is 2.46. The van der Waals surface area contributed by atoms with Crippen molar-refractivity contribution in [3.63, 3.8) is 0 Å². The molecule has 5 aliphatic rings. The van der Waals surface area contributed by atoms with Gasteiger partial charge in [0.05, 0.1) is 6.42 Å². The number of nitrogens with zero attached hydrogens (tertiary/aromatic N) is 2. The number of likely N-dealkylation sites (tertiary alicyclic amines) is 1. The third-order valence-corrected chi connectivity index (χ3v) is 7.75. The predicted molar refractivity (Wildman–Crippen MR) is 105 cm³/mol. The molecule has 3 saturated heterocycles. The Morgan fingerprint density at radius 2 is 1.79 bits per heavy atom. The highest BCUT2D eigenvalue weighted by Gasteiger charge is 2.48. The summed E-state index contributed by atoms with van der Waals surface area (Å²) in [5, 5.41) is 0. The van der Waals surface area contributed by atoms with E-state index in [-0.39, 0.29) is 12.7 Å². The Labute approximate surface area is 167 Å². The quantitative estimate of drug-likeness (QED) is 0.806. The molecule has 1 aromatic carbocycles. The van der Waals surface area contributed by atoms with Crippen LogP contribution in [0.25, 0.3) is 0 Å². The minimum atomic E-state index is 0.275. The van der Waals surface area contributed by atoms with Gasteiger partial charge >= 0.3 is 0 Å². The number of piperidine rings is 3. The van der Waals surface area contributed by atoms with E-state index >= 15 is 0 Å². The van der Waals surface area contributed by atoms with Crippen LogP contribution in [-0.2, 0) is 11.2 Å². The van der Waals surface area contributed by atoms with E-state index in [0.717, 1.165) is 48.2 Å². The van der Waals surface area contributed by atoms with Crippen molar-refractivity contribution >= 4 is 5.91 Å². The molecule has 0 unspecified atom stereocenters.